The summed E-state index contributed by atoms with van der Waals surface area (Å²) in [7, 11) is 0. The fourth-order valence-corrected chi connectivity index (χ4v) is 2.87. The van der Waals surface area contributed by atoms with Gasteiger partial charge in [0.1, 0.15) is 5.54 Å². The number of esters is 1. The third-order valence-electron chi connectivity index (χ3n) is 3.91. The second-order valence-electron chi connectivity index (χ2n) is 6.36. The highest BCUT2D eigenvalue weighted by molar-refractivity contribution is 5.80. The maximum absolute atomic E-state index is 12.4. The molecule has 0 heterocycles. The van der Waals surface area contributed by atoms with Crippen LogP contribution in [0.2, 0.25) is 0 Å². The summed E-state index contributed by atoms with van der Waals surface area (Å²) < 4.78 is 5.29. The Morgan fingerprint density at radius 2 is 1.81 bits per heavy atom. The molecule has 0 aliphatic carbocycles. The predicted molar refractivity (Wildman–Crippen MR) is 89.5 cm³/mol. The van der Waals surface area contributed by atoms with E-state index < -0.39 is 5.54 Å². The molecule has 0 rings (SSSR count). The number of carbonyl (C=O) groups excluding carboxylic acids is 1. The van der Waals surface area contributed by atoms with Crippen molar-refractivity contribution in [2.75, 3.05) is 19.7 Å². The van der Waals surface area contributed by atoms with Gasteiger partial charge in [0.2, 0.25) is 0 Å². The first kappa shape index (κ1) is 20.4. The number of hydrogen-bond acceptors (Lipinski definition) is 4. The van der Waals surface area contributed by atoms with E-state index in [4.69, 9.17) is 4.74 Å². The number of rotatable bonds is 11. The van der Waals surface area contributed by atoms with Gasteiger partial charge in [-0.25, -0.2) is 0 Å². The third kappa shape index (κ3) is 6.79. The predicted octanol–water partition coefficient (Wildman–Crippen LogP) is 3.21. The lowest BCUT2D eigenvalue weighted by molar-refractivity contribution is -0.151. The van der Waals surface area contributed by atoms with Crippen LogP contribution in [-0.2, 0) is 9.53 Å². The van der Waals surface area contributed by atoms with Gasteiger partial charge >= 0.3 is 5.97 Å². The van der Waals surface area contributed by atoms with Gasteiger partial charge in [0.15, 0.2) is 0 Å². The van der Waals surface area contributed by atoms with E-state index in [9.17, 15) is 4.79 Å². The first-order valence-electron chi connectivity index (χ1n) is 8.50. The molecule has 126 valence electrons. The van der Waals surface area contributed by atoms with Gasteiger partial charge in [-0.2, -0.15) is 0 Å². The van der Waals surface area contributed by atoms with Crippen molar-refractivity contribution >= 4 is 5.97 Å². The Labute approximate surface area is 131 Å². The van der Waals surface area contributed by atoms with Gasteiger partial charge in [0.05, 0.1) is 6.61 Å². The topological polar surface area (TPSA) is 41.6 Å². The van der Waals surface area contributed by atoms with Crippen LogP contribution in [0.4, 0.5) is 0 Å². The van der Waals surface area contributed by atoms with Crippen molar-refractivity contribution in [2.24, 2.45) is 0 Å². The number of carbonyl (C=O) groups is 1. The Kier molecular flexibility index (Phi) is 9.88. The van der Waals surface area contributed by atoms with Crippen LogP contribution in [-0.4, -0.2) is 48.2 Å². The Morgan fingerprint density at radius 3 is 2.24 bits per heavy atom. The lowest BCUT2D eigenvalue weighted by Gasteiger charge is -2.38. The SMILES string of the molecule is CCCNC(C)(CC(C)N(CCC)C(C)C)C(=O)OCC. The van der Waals surface area contributed by atoms with Crippen molar-refractivity contribution in [1.29, 1.82) is 0 Å². The summed E-state index contributed by atoms with van der Waals surface area (Å²) >= 11 is 0. The van der Waals surface area contributed by atoms with Crippen molar-refractivity contribution in [2.45, 2.75) is 85.4 Å². The average Bonchev–Trinajstić information content (AvgIpc) is 2.42. The molecule has 2 atom stereocenters. The minimum Gasteiger partial charge on any atom is -0.465 e. The van der Waals surface area contributed by atoms with E-state index in [0.29, 0.717) is 18.7 Å². The second kappa shape index (κ2) is 10.2. The molecule has 0 aromatic carbocycles. The van der Waals surface area contributed by atoms with E-state index in [1.165, 1.54) is 0 Å². The van der Waals surface area contributed by atoms with Crippen LogP contribution in [0.5, 0.6) is 0 Å². The van der Waals surface area contributed by atoms with Crippen molar-refractivity contribution in [3.8, 4) is 0 Å². The summed E-state index contributed by atoms with van der Waals surface area (Å²) in [6.45, 7) is 17.1. The molecular weight excluding hydrogens is 264 g/mol. The van der Waals surface area contributed by atoms with E-state index in [1.54, 1.807) is 0 Å². The summed E-state index contributed by atoms with van der Waals surface area (Å²) in [5.41, 5.74) is -0.605. The molecule has 0 bridgehead atoms. The fraction of sp³-hybridized carbons (Fsp3) is 0.941. The van der Waals surface area contributed by atoms with E-state index in [2.05, 4.69) is 44.8 Å². The fourth-order valence-electron chi connectivity index (χ4n) is 2.87. The highest BCUT2D eigenvalue weighted by Gasteiger charge is 2.37. The van der Waals surface area contributed by atoms with Crippen LogP contribution in [0.15, 0.2) is 0 Å². The van der Waals surface area contributed by atoms with Crippen LogP contribution in [0, 0.1) is 0 Å². The molecule has 0 aliphatic heterocycles. The Bertz CT molecular complexity index is 295. The van der Waals surface area contributed by atoms with Crippen LogP contribution in [0.1, 0.15) is 67.7 Å². The zero-order chi connectivity index (χ0) is 16.5. The van der Waals surface area contributed by atoms with Crippen LogP contribution in [0.25, 0.3) is 0 Å². The molecule has 0 fully saturated rings. The summed E-state index contributed by atoms with van der Waals surface area (Å²) in [6.07, 6.45) is 2.90. The summed E-state index contributed by atoms with van der Waals surface area (Å²) in [4.78, 5) is 14.8. The number of ether oxygens (including phenoxy) is 1. The monoisotopic (exact) mass is 300 g/mol. The molecule has 0 spiro atoms. The minimum absolute atomic E-state index is 0.134. The van der Waals surface area contributed by atoms with Gasteiger partial charge in [-0.1, -0.05) is 13.8 Å². The standard InChI is InChI=1S/C17H36N2O2/c1-8-11-18-17(7,16(20)21-10-3)13-15(6)19(12-9-2)14(4)5/h14-15,18H,8-13H2,1-7H3. The first-order valence-corrected chi connectivity index (χ1v) is 8.50. The molecule has 0 aromatic heterocycles. The van der Waals surface area contributed by atoms with Crippen LogP contribution < -0.4 is 5.32 Å². The van der Waals surface area contributed by atoms with E-state index in [0.717, 1.165) is 32.4 Å². The van der Waals surface area contributed by atoms with Crippen molar-refractivity contribution < 1.29 is 9.53 Å². The number of nitrogens with zero attached hydrogens (tertiary/aromatic N) is 1. The molecule has 0 amide bonds. The van der Waals surface area contributed by atoms with Gasteiger partial charge in [-0.05, 0) is 67.0 Å². The lowest BCUT2D eigenvalue weighted by Crippen LogP contribution is -2.55. The Hall–Kier alpha value is -0.610. The first-order chi connectivity index (χ1) is 9.82. The van der Waals surface area contributed by atoms with Crippen molar-refractivity contribution in [1.82, 2.24) is 10.2 Å². The molecule has 4 nitrogen and oxygen atoms in total. The van der Waals surface area contributed by atoms with E-state index in [1.807, 2.05) is 13.8 Å². The summed E-state index contributed by atoms with van der Waals surface area (Å²) in [6, 6.07) is 0.821. The lowest BCUT2D eigenvalue weighted by atomic mass is 9.92. The Morgan fingerprint density at radius 1 is 1.19 bits per heavy atom. The summed E-state index contributed by atoms with van der Waals surface area (Å²) in [5.74, 6) is -0.134. The van der Waals surface area contributed by atoms with Crippen LogP contribution in [0.3, 0.4) is 0 Å². The highest BCUT2D eigenvalue weighted by atomic mass is 16.5. The normalized spacial score (nSPS) is 16.0. The molecule has 0 saturated heterocycles. The smallest absolute Gasteiger partial charge is 0.326 e. The zero-order valence-corrected chi connectivity index (χ0v) is 15.2. The van der Waals surface area contributed by atoms with E-state index in [-0.39, 0.29) is 5.97 Å². The summed E-state index contributed by atoms with van der Waals surface area (Å²) in [5, 5.41) is 3.40. The molecule has 21 heavy (non-hydrogen) atoms. The Balaban J connectivity index is 4.96. The van der Waals surface area contributed by atoms with Gasteiger partial charge in [-0.15, -0.1) is 0 Å². The van der Waals surface area contributed by atoms with Gasteiger partial charge in [-0.3, -0.25) is 9.69 Å². The molecule has 0 saturated carbocycles. The maximum atomic E-state index is 12.4. The van der Waals surface area contributed by atoms with Crippen molar-refractivity contribution in [3.63, 3.8) is 0 Å². The second-order valence-corrected chi connectivity index (χ2v) is 6.36. The largest absolute Gasteiger partial charge is 0.465 e. The minimum atomic E-state index is -0.605. The number of hydrogen-bond donors (Lipinski definition) is 1. The van der Waals surface area contributed by atoms with Crippen LogP contribution >= 0.6 is 0 Å². The zero-order valence-electron chi connectivity index (χ0n) is 15.2. The van der Waals surface area contributed by atoms with E-state index >= 15 is 0 Å². The molecule has 0 aromatic rings. The molecule has 0 aliphatic rings. The van der Waals surface area contributed by atoms with Crippen molar-refractivity contribution in [3.05, 3.63) is 0 Å². The molecule has 0 radical (unpaired) electrons. The maximum Gasteiger partial charge on any atom is 0.326 e. The molecule has 4 heteroatoms. The van der Waals surface area contributed by atoms with Gasteiger partial charge in [0, 0.05) is 12.1 Å². The van der Waals surface area contributed by atoms with Gasteiger partial charge < -0.3 is 10.1 Å². The molecule has 2 unspecified atom stereocenters. The quantitative estimate of drug-likeness (QED) is 0.595. The highest BCUT2D eigenvalue weighted by Crippen LogP contribution is 2.20. The molecular formula is C17H36N2O2. The average molecular weight is 300 g/mol. The molecule has 1 N–H and O–H groups in total. The third-order valence-corrected chi connectivity index (χ3v) is 3.91. The number of nitrogens with one attached hydrogen (secondary N) is 1. The van der Waals surface area contributed by atoms with Gasteiger partial charge in [0.25, 0.3) is 0 Å².